The molecule has 1 N–H and O–H groups in total. The van der Waals surface area contributed by atoms with Crippen LogP contribution in [0.5, 0.6) is 0 Å². The second kappa shape index (κ2) is 8.44. The third-order valence-electron chi connectivity index (χ3n) is 7.12. The van der Waals surface area contributed by atoms with Crippen molar-refractivity contribution >= 4 is 38.3 Å². The van der Waals surface area contributed by atoms with E-state index in [1.807, 2.05) is 6.07 Å². The molecule has 4 aromatic rings. The predicted octanol–water partition coefficient (Wildman–Crippen LogP) is 4.57. The van der Waals surface area contributed by atoms with Crippen LogP contribution in [-0.2, 0) is 16.4 Å². The van der Waals surface area contributed by atoms with Crippen molar-refractivity contribution in [1.29, 1.82) is 0 Å². The fourth-order valence-electron chi connectivity index (χ4n) is 4.97. The van der Waals surface area contributed by atoms with Gasteiger partial charge in [-0.15, -0.1) is 0 Å². The van der Waals surface area contributed by atoms with Gasteiger partial charge in [0, 0.05) is 36.1 Å². The molecule has 0 saturated carbocycles. The lowest BCUT2D eigenvalue weighted by Crippen LogP contribution is -2.23. The molecule has 9 heteroatoms. The highest BCUT2D eigenvalue weighted by atomic mass is 32.2. The average molecular weight is 502 g/mol. The molecule has 4 heterocycles. The number of amides is 1. The van der Waals surface area contributed by atoms with E-state index in [1.165, 1.54) is 12.8 Å². The van der Waals surface area contributed by atoms with Crippen molar-refractivity contribution in [3.05, 3.63) is 66.0 Å². The topological polar surface area (TPSA) is 99.3 Å². The van der Waals surface area contributed by atoms with Crippen molar-refractivity contribution in [3.63, 3.8) is 0 Å². The summed E-state index contributed by atoms with van der Waals surface area (Å²) in [4.78, 5) is 30.2. The van der Waals surface area contributed by atoms with Gasteiger partial charge in [-0.3, -0.25) is 4.79 Å². The predicted molar refractivity (Wildman–Crippen MR) is 140 cm³/mol. The Morgan fingerprint density at radius 1 is 1.03 bits per heavy atom. The lowest BCUT2D eigenvalue weighted by Gasteiger charge is -2.18. The molecule has 8 nitrogen and oxygen atoms in total. The highest BCUT2D eigenvalue weighted by molar-refractivity contribution is 7.92. The van der Waals surface area contributed by atoms with E-state index < -0.39 is 15.1 Å². The molecule has 0 atom stereocenters. The van der Waals surface area contributed by atoms with E-state index in [0.29, 0.717) is 29.1 Å². The number of fused-ring (bicyclic) bond motifs is 2. The first-order valence-corrected chi connectivity index (χ1v) is 13.8. The Bertz CT molecular complexity index is 1590. The number of hydrogen-bond acceptors (Lipinski definition) is 6. The number of anilines is 2. The van der Waals surface area contributed by atoms with Gasteiger partial charge < -0.3 is 14.8 Å². The molecule has 184 valence electrons. The summed E-state index contributed by atoms with van der Waals surface area (Å²) < 4.78 is 24.9. The summed E-state index contributed by atoms with van der Waals surface area (Å²) in [7, 11) is -3.35. The fourth-order valence-corrected chi connectivity index (χ4v) is 6.03. The van der Waals surface area contributed by atoms with Gasteiger partial charge in [-0.2, -0.15) is 0 Å². The molecule has 0 unspecified atom stereocenters. The second-order valence-electron chi connectivity index (χ2n) is 9.67. The van der Waals surface area contributed by atoms with Crippen LogP contribution in [0.3, 0.4) is 0 Å². The highest BCUT2D eigenvalue weighted by Crippen LogP contribution is 2.35. The number of hydrogen-bond donors (Lipinski definition) is 1. The van der Waals surface area contributed by atoms with Gasteiger partial charge in [-0.25, -0.2) is 18.4 Å². The number of nitrogens with zero attached hydrogens (tertiary/aromatic N) is 4. The maximum atomic E-state index is 13.4. The van der Waals surface area contributed by atoms with E-state index in [-0.39, 0.29) is 10.8 Å². The number of H-pyrrole nitrogens is 1. The monoisotopic (exact) mass is 501 g/mol. The Morgan fingerprint density at radius 2 is 1.78 bits per heavy atom. The highest BCUT2D eigenvalue weighted by Gasteiger charge is 2.31. The molecule has 2 aromatic heterocycles. The minimum Gasteiger partial charge on any atom is -0.372 e. The van der Waals surface area contributed by atoms with E-state index in [9.17, 15) is 13.2 Å². The summed E-state index contributed by atoms with van der Waals surface area (Å²) in [5.41, 5.74) is 6.08. The van der Waals surface area contributed by atoms with Crippen LogP contribution in [0.1, 0.15) is 42.6 Å². The van der Waals surface area contributed by atoms with E-state index in [4.69, 9.17) is 4.98 Å². The minimum absolute atomic E-state index is 0.0394. The van der Waals surface area contributed by atoms with Crippen LogP contribution >= 0.6 is 0 Å². The lowest BCUT2D eigenvalue weighted by atomic mass is 10.1. The molecule has 2 aliphatic heterocycles. The molecular formula is C27H27N5O3S. The van der Waals surface area contributed by atoms with Gasteiger partial charge in [-0.05, 0) is 56.5 Å². The first-order chi connectivity index (χ1) is 17.3. The summed E-state index contributed by atoms with van der Waals surface area (Å²) >= 11 is 0. The molecule has 2 aromatic carbocycles. The summed E-state index contributed by atoms with van der Waals surface area (Å²) in [5, 5.41) is -0.490. The molecule has 6 rings (SSSR count). The van der Waals surface area contributed by atoms with E-state index in [1.54, 1.807) is 55.4 Å². The van der Waals surface area contributed by atoms with Crippen molar-refractivity contribution in [2.24, 2.45) is 0 Å². The van der Waals surface area contributed by atoms with Crippen LogP contribution < -0.4 is 9.80 Å². The molecule has 0 spiro atoms. The van der Waals surface area contributed by atoms with Gasteiger partial charge >= 0.3 is 0 Å². The Labute approximate surface area is 209 Å². The molecule has 0 aliphatic carbocycles. The SMILES string of the molecule is CC(C)S(=O)(=O)c1ccc(-c2cnc3[nH]cc(N4Cc5ccc(N6CCCC6)cc5C4=O)c3n2)cc1. The molecule has 0 bridgehead atoms. The zero-order valence-electron chi connectivity index (χ0n) is 20.2. The van der Waals surface area contributed by atoms with Crippen LogP contribution in [-0.4, -0.2) is 47.6 Å². The first kappa shape index (κ1) is 22.7. The lowest BCUT2D eigenvalue weighted by molar-refractivity contribution is 0.0997. The Morgan fingerprint density at radius 3 is 2.50 bits per heavy atom. The van der Waals surface area contributed by atoms with E-state index in [2.05, 4.69) is 27.0 Å². The Balaban J connectivity index is 1.32. The van der Waals surface area contributed by atoms with Crippen molar-refractivity contribution in [3.8, 4) is 11.3 Å². The third-order valence-corrected chi connectivity index (χ3v) is 9.29. The van der Waals surface area contributed by atoms with Crippen LogP contribution in [0.4, 0.5) is 11.4 Å². The van der Waals surface area contributed by atoms with E-state index in [0.717, 1.165) is 35.5 Å². The van der Waals surface area contributed by atoms with Crippen molar-refractivity contribution in [2.75, 3.05) is 22.9 Å². The normalized spacial score (nSPS) is 15.9. The maximum absolute atomic E-state index is 13.4. The summed E-state index contributed by atoms with van der Waals surface area (Å²) in [5.74, 6) is -0.0394. The molecule has 36 heavy (non-hydrogen) atoms. The standard InChI is InChI=1S/C27H27N5O3S/c1-17(2)36(34,35)21-9-6-18(7-10-21)23-14-28-26-25(30-23)24(15-29-26)32-16-19-5-8-20(13-22(19)27(32)33)31-11-3-4-12-31/h5-10,13-15,17H,3-4,11-12,16H2,1-2H3,(H,28,29). The largest absolute Gasteiger partial charge is 0.372 e. The molecular weight excluding hydrogens is 474 g/mol. The number of benzene rings is 2. The quantitative estimate of drug-likeness (QED) is 0.430. The first-order valence-electron chi connectivity index (χ1n) is 12.2. The second-order valence-corrected chi connectivity index (χ2v) is 12.2. The zero-order valence-corrected chi connectivity index (χ0v) is 21.0. The van der Waals surface area contributed by atoms with Crippen LogP contribution in [0.25, 0.3) is 22.4 Å². The minimum atomic E-state index is -3.35. The number of aromatic amines is 1. The average Bonchev–Trinajstić information content (AvgIpc) is 3.63. The fraction of sp³-hybridized carbons (Fsp3) is 0.296. The van der Waals surface area contributed by atoms with Gasteiger partial charge in [0.1, 0.15) is 5.52 Å². The Hall–Kier alpha value is -3.72. The number of aromatic nitrogens is 3. The number of carbonyl (C=O) groups excluding carboxylic acids is 1. The number of nitrogens with one attached hydrogen (secondary N) is 1. The third kappa shape index (κ3) is 3.65. The van der Waals surface area contributed by atoms with Crippen LogP contribution in [0.2, 0.25) is 0 Å². The van der Waals surface area contributed by atoms with Gasteiger partial charge in [0.15, 0.2) is 15.5 Å². The van der Waals surface area contributed by atoms with Gasteiger partial charge in [-0.1, -0.05) is 18.2 Å². The molecule has 0 radical (unpaired) electrons. The number of carbonyl (C=O) groups is 1. The molecule has 1 fully saturated rings. The van der Waals surface area contributed by atoms with Crippen LogP contribution in [0, 0.1) is 0 Å². The number of rotatable bonds is 5. The maximum Gasteiger partial charge on any atom is 0.259 e. The van der Waals surface area contributed by atoms with Crippen molar-refractivity contribution < 1.29 is 13.2 Å². The molecule has 1 saturated heterocycles. The molecule has 1 amide bonds. The van der Waals surface area contributed by atoms with Crippen molar-refractivity contribution in [2.45, 2.75) is 43.4 Å². The molecule has 2 aliphatic rings. The Kier molecular flexibility index (Phi) is 5.33. The van der Waals surface area contributed by atoms with E-state index >= 15 is 0 Å². The zero-order chi connectivity index (χ0) is 25.0. The summed E-state index contributed by atoms with van der Waals surface area (Å²) in [6, 6.07) is 12.9. The number of sulfone groups is 1. The van der Waals surface area contributed by atoms with Gasteiger partial charge in [0.25, 0.3) is 5.91 Å². The van der Waals surface area contributed by atoms with Gasteiger partial charge in [0.2, 0.25) is 0 Å². The summed E-state index contributed by atoms with van der Waals surface area (Å²) in [6.45, 7) is 5.88. The van der Waals surface area contributed by atoms with Crippen molar-refractivity contribution in [1.82, 2.24) is 15.0 Å². The smallest absolute Gasteiger partial charge is 0.259 e. The van der Waals surface area contributed by atoms with Gasteiger partial charge in [0.05, 0.1) is 34.3 Å². The van der Waals surface area contributed by atoms with Crippen LogP contribution in [0.15, 0.2) is 59.8 Å². The summed E-state index contributed by atoms with van der Waals surface area (Å²) in [6.07, 6.45) is 5.79.